The molecule has 1 saturated heterocycles. The van der Waals surface area contributed by atoms with Crippen molar-refractivity contribution in [3.05, 3.63) is 0 Å². The molecule has 1 fully saturated rings. The number of rotatable bonds is 3. The van der Waals surface area contributed by atoms with Gasteiger partial charge in [0.15, 0.2) is 0 Å². The van der Waals surface area contributed by atoms with Crippen LogP contribution >= 0.6 is 11.8 Å². The summed E-state index contributed by atoms with van der Waals surface area (Å²) in [4.78, 5) is 2.71. The van der Waals surface area contributed by atoms with Gasteiger partial charge in [0.05, 0.1) is 0 Å². The second kappa shape index (κ2) is 6.15. The van der Waals surface area contributed by atoms with Gasteiger partial charge in [0, 0.05) is 37.5 Å². The summed E-state index contributed by atoms with van der Waals surface area (Å²) >= 11 is 1.95. The largest absolute Gasteiger partial charge is 0.311 e. The molecule has 2 nitrogen and oxygen atoms in total. The van der Waals surface area contributed by atoms with Crippen LogP contribution in [-0.2, 0) is 0 Å². The number of hydrogen-bond acceptors (Lipinski definition) is 3. The van der Waals surface area contributed by atoms with Crippen LogP contribution < -0.4 is 5.32 Å². The van der Waals surface area contributed by atoms with Crippen LogP contribution in [0.2, 0.25) is 0 Å². The van der Waals surface area contributed by atoms with E-state index >= 15 is 0 Å². The van der Waals surface area contributed by atoms with E-state index in [-0.39, 0.29) is 0 Å². The summed E-state index contributed by atoms with van der Waals surface area (Å²) in [5.41, 5.74) is 0.703. The third-order valence-corrected chi connectivity index (χ3v) is 4.63. The van der Waals surface area contributed by atoms with Crippen LogP contribution in [-0.4, -0.2) is 48.6 Å². The van der Waals surface area contributed by atoms with Gasteiger partial charge in [0.1, 0.15) is 0 Å². The van der Waals surface area contributed by atoms with Gasteiger partial charge >= 0.3 is 0 Å². The van der Waals surface area contributed by atoms with E-state index in [1.807, 2.05) is 11.8 Å². The Bertz CT molecular complexity index is 252. The Morgan fingerprint density at radius 2 is 1.72 bits per heavy atom. The molecule has 0 aromatic heterocycles. The maximum absolute atomic E-state index is 3.77. The van der Waals surface area contributed by atoms with E-state index in [0.29, 0.717) is 22.9 Å². The van der Waals surface area contributed by atoms with Crippen molar-refractivity contribution >= 4 is 11.8 Å². The molecule has 2 atom stereocenters. The molecule has 1 rings (SSSR count). The Morgan fingerprint density at radius 1 is 1.11 bits per heavy atom. The molecule has 0 aromatic carbocycles. The number of piperazine rings is 1. The van der Waals surface area contributed by atoms with Gasteiger partial charge in [-0.3, -0.25) is 4.90 Å². The highest BCUT2D eigenvalue weighted by Gasteiger charge is 2.38. The summed E-state index contributed by atoms with van der Waals surface area (Å²) in [5.74, 6) is 1.24. The Balaban J connectivity index is 2.73. The monoisotopic (exact) mass is 272 g/mol. The molecule has 1 aliphatic rings. The lowest BCUT2D eigenvalue weighted by Gasteiger charge is -2.49. The molecule has 0 aliphatic carbocycles. The van der Waals surface area contributed by atoms with Crippen LogP contribution in [0.25, 0.3) is 0 Å². The van der Waals surface area contributed by atoms with Gasteiger partial charge in [-0.25, -0.2) is 0 Å². The van der Waals surface area contributed by atoms with E-state index in [1.165, 1.54) is 18.8 Å². The normalized spacial score (nSPS) is 27.5. The van der Waals surface area contributed by atoms with Gasteiger partial charge in [-0.15, -0.1) is 0 Å². The fourth-order valence-electron chi connectivity index (χ4n) is 2.70. The predicted octanol–water partition coefficient (Wildman–Crippen LogP) is 3.08. The van der Waals surface area contributed by atoms with E-state index in [9.17, 15) is 0 Å². The smallest absolute Gasteiger partial charge is 0.0270 e. The third-order valence-electron chi connectivity index (χ3n) is 4.04. The lowest BCUT2D eigenvalue weighted by Crippen LogP contribution is -2.63. The van der Waals surface area contributed by atoms with Crippen LogP contribution in [0.4, 0.5) is 0 Å². The minimum absolute atomic E-state index is 0.348. The molecule has 0 amide bonds. The Hall–Kier alpha value is 0.270. The topological polar surface area (TPSA) is 15.3 Å². The van der Waals surface area contributed by atoms with Crippen molar-refractivity contribution in [3.8, 4) is 0 Å². The highest BCUT2D eigenvalue weighted by Crippen LogP contribution is 2.30. The average molecular weight is 273 g/mol. The SMILES string of the molecule is CSCCN1CC(C(C)(C)C)NCC1C(C)(C)C. The lowest BCUT2D eigenvalue weighted by molar-refractivity contribution is 0.0353. The zero-order valence-corrected chi connectivity index (χ0v) is 14.2. The summed E-state index contributed by atoms with van der Waals surface area (Å²) in [7, 11) is 0. The number of nitrogens with zero attached hydrogens (tertiary/aromatic N) is 1. The molecule has 1 heterocycles. The van der Waals surface area contributed by atoms with E-state index in [4.69, 9.17) is 0 Å². The Morgan fingerprint density at radius 3 is 2.17 bits per heavy atom. The molecule has 0 bridgehead atoms. The maximum Gasteiger partial charge on any atom is 0.0270 e. The standard InChI is InChI=1S/C15H32N2S/c1-14(2,3)12-11-17(8-9-18-7)13(10-16-12)15(4,5)6/h12-13,16H,8-11H2,1-7H3. The molecule has 1 N–H and O–H groups in total. The molecule has 18 heavy (non-hydrogen) atoms. The highest BCUT2D eigenvalue weighted by atomic mass is 32.2. The van der Waals surface area contributed by atoms with E-state index in [2.05, 4.69) is 58.0 Å². The molecule has 3 heteroatoms. The molecule has 0 saturated carbocycles. The first-order valence-corrected chi connectivity index (χ1v) is 8.52. The van der Waals surface area contributed by atoms with Gasteiger partial charge in [-0.1, -0.05) is 41.5 Å². The summed E-state index contributed by atoms with van der Waals surface area (Å²) in [5, 5.41) is 3.77. The Kier molecular flexibility index (Phi) is 5.58. The summed E-state index contributed by atoms with van der Waals surface area (Å²) in [6, 6.07) is 1.27. The number of thioether (sulfide) groups is 1. The van der Waals surface area contributed by atoms with E-state index in [0.717, 1.165) is 6.54 Å². The summed E-state index contributed by atoms with van der Waals surface area (Å²) in [6.45, 7) is 17.6. The van der Waals surface area contributed by atoms with E-state index < -0.39 is 0 Å². The average Bonchev–Trinajstić information content (AvgIpc) is 2.23. The van der Waals surface area contributed by atoms with Crippen molar-refractivity contribution in [2.24, 2.45) is 10.8 Å². The summed E-state index contributed by atoms with van der Waals surface area (Å²) < 4.78 is 0. The summed E-state index contributed by atoms with van der Waals surface area (Å²) in [6.07, 6.45) is 2.20. The molecular weight excluding hydrogens is 240 g/mol. The van der Waals surface area contributed by atoms with Gasteiger partial charge in [0.2, 0.25) is 0 Å². The number of nitrogens with one attached hydrogen (secondary N) is 1. The van der Waals surface area contributed by atoms with Crippen molar-refractivity contribution < 1.29 is 0 Å². The minimum Gasteiger partial charge on any atom is -0.311 e. The molecule has 0 spiro atoms. The molecular formula is C15H32N2S. The van der Waals surface area contributed by atoms with Crippen molar-refractivity contribution in [3.63, 3.8) is 0 Å². The van der Waals surface area contributed by atoms with Gasteiger partial charge < -0.3 is 5.32 Å². The van der Waals surface area contributed by atoms with Gasteiger partial charge in [-0.05, 0) is 17.1 Å². The lowest BCUT2D eigenvalue weighted by atomic mass is 9.79. The molecule has 0 aromatic rings. The third kappa shape index (κ3) is 4.43. The van der Waals surface area contributed by atoms with Crippen molar-refractivity contribution in [2.75, 3.05) is 31.6 Å². The first-order chi connectivity index (χ1) is 8.16. The minimum atomic E-state index is 0.348. The second-order valence-corrected chi connectivity index (χ2v) is 8.68. The highest BCUT2D eigenvalue weighted by molar-refractivity contribution is 7.98. The fourth-order valence-corrected chi connectivity index (χ4v) is 3.12. The van der Waals surface area contributed by atoms with Crippen molar-refractivity contribution in [1.82, 2.24) is 10.2 Å². The van der Waals surface area contributed by atoms with Gasteiger partial charge in [0.25, 0.3) is 0 Å². The fraction of sp³-hybridized carbons (Fsp3) is 1.00. The quantitative estimate of drug-likeness (QED) is 0.850. The van der Waals surface area contributed by atoms with Crippen LogP contribution in [0.3, 0.4) is 0 Å². The van der Waals surface area contributed by atoms with E-state index in [1.54, 1.807) is 0 Å². The second-order valence-electron chi connectivity index (χ2n) is 7.70. The molecule has 108 valence electrons. The molecule has 2 unspecified atom stereocenters. The Labute approximate surface area is 118 Å². The molecule has 1 aliphatic heterocycles. The zero-order chi connectivity index (χ0) is 14.0. The maximum atomic E-state index is 3.77. The van der Waals surface area contributed by atoms with Crippen molar-refractivity contribution in [1.29, 1.82) is 0 Å². The first-order valence-electron chi connectivity index (χ1n) is 7.12. The molecule has 0 radical (unpaired) electrons. The van der Waals surface area contributed by atoms with Crippen LogP contribution in [0.1, 0.15) is 41.5 Å². The van der Waals surface area contributed by atoms with Gasteiger partial charge in [-0.2, -0.15) is 11.8 Å². The van der Waals surface area contributed by atoms with Crippen LogP contribution in [0.5, 0.6) is 0 Å². The predicted molar refractivity (Wildman–Crippen MR) is 84.4 cm³/mol. The van der Waals surface area contributed by atoms with Crippen molar-refractivity contribution in [2.45, 2.75) is 53.6 Å². The van der Waals surface area contributed by atoms with Crippen LogP contribution in [0.15, 0.2) is 0 Å². The van der Waals surface area contributed by atoms with Crippen LogP contribution in [0, 0.1) is 10.8 Å². The first kappa shape index (κ1) is 16.3. The zero-order valence-electron chi connectivity index (χ0n) is 13.3. The number of hydrogen-bond donors (Lipinski definition) is 1.